The number of fused-ring (bicyclic) bond motifs is 1. The first-order valence-corrected chi connectivity index (χ1v) is 8.82. The highest BCUT2D eigenvalue weighted by Crippen LogP contribution is 2.13. The highest BCUT2D eigenvalue weighted by atomic mass is 16.1. The van der Waals surface area contributed by atoms with Crippen LogP contribution in [0.5, 0.6) is 0 Å². The van der Waals surface area contributed by atoms with Crippen LogP contribution >= 0.6 is 0 Å². The number of imidazole rings is 1. The zero-order chi connectivity index (χ0) is 17.9. The molecule has 0 aliphatic carbocycles. The average molecular weight is 341 g/mol. The summed E-state index contributed by atoms with van der Waals surface area (Å²) in [6.07, 6.45) is 2.05. The number of hydrogen-bond acceptors (Lipinski definition) is 1. The van der Waals surface area contributed by atoms with Gasteiger partial charge in [-0.25, -0.2) is 9.13 Å². The number of benzene rings is 3. The van der Waals surface area contributed by atoms with Gasteiger partial charge in [-0.2, -0.15) is 0 Å². The fourth-order valence-corrected chi connectivity index (χ4v) is 3.26. The van der Waals surface area contributed by atoms with Crippen LogP contribution in [-0.2, 0) is 13.1 Å². The summed E-state index contributed by atoms with van der Waals surface area (Å²) in [5.41, 5.74) is 5.36. The zero-order valence-corrected chi connectivity index (χ0v) is 14.8. The molecule has 4 aromatic rings. The van der Waals surface area contributed by atoms with Gasteiger partial charge in [0.1, 0.15) is 6.54 Å². The molecule has 26 heavy (non-hydrogen) atoms. The van der Waals surface area contributed by atoms with Crippen LogP contribution < -0.4 is 4.57 Å². The third-order valence-electron chi connectivity index (χ3n) is 4.66. The lowest BCUT2D eigenvalue weighted by molar-refractivity contribution is -0.663. The van der Waals surface area contributed by atoms with Crippen molar-refractivity contribution in [2.24, 2.45) is 0 Å². The third-order valence-corrected chi connectivity index (χ3v) is 4.66. The summed E-state index contributed by atoms with van der Waals surface area (Å²) in [7, 11) is 0. The Kier molecular flexibility index (Phi) is 4.36. The molecule has 0 radical (unpaired) electrons. The van der Waals surface area contributed by atoms with Gasteiger partial charge in [-0.15, -0.1) is 0 Å². The van der Waals surface area contributed by atoms with Crippen molar-refractivity contribution in [2.45, 2.75) is 20.0 Å². The van der Waals surface area contributed by atoms with Crippen LogP contribution in [0.25, 0.3) is 11.0 Å². The summed E-state index contributed by atoms with van der Waals surface area (Å²) >= 11 is 0. The van der Waals surface area contributed by atoms with E-state index >= 15 is 0 Å². The first kappa shape index (κ1) is 16.3. The molecule has 0 amide bonds. The molecule has 0 N–H and O–H groups in total. The normalized spacial score (nSPS) is 11.0. The molecule has 0 unspecified atom stereocenters. The maximum absolute atomic E-state index is 12.7. The average Bonchev–Trinajstić information content (AvgIpc) is 3.01. The molecule has 0 atom stereocenters. The molecule has 3 aromatic carbocycles. The number of ketones is 1. The van der Waals surface area contributed by atoms with E-state index in [-0.39, 0.29) is 5.78 Å². The van der Waals surface area contributed by atoms with Crippen LogP contribution in [0, 0.1) is 6.92 Å². The molecule has 4 rings (SSSR count). The van der Waals surface area contributed by atoms with Crippen molar-refractivity contribution in [3.63, 3.8) is 0 Å². The summed E-state index contributed by atoms with van der Waals surface area (Å²) in [4.78, 5) is 12.7. The van der Waals surface area contributed by atoms with Gasteiger partial charge in [0.15, 0.2) is 17.6 Å². The predicted octanol–water partition coefficient (Wildman–Crippen LogP) is 4.17. The quantitative estimate of drug-likeness (QED) is 0.395. The van der Waals surface area contributed by atoms with E-state index in [1.54, 1.807) is 0 Å². The molecule has 128 valence electrons. The number of rotatable bonds is 5. The second-order valence-corrected chi connectivity index (χ2v) is 6.63. The molecule has 0 fully saturated rings. The van der Waals surface area contributed by atoms with Crippen LogP contribution in [0.3, 0.4) is 0 Å². The minimum Gasteiger partial charge on any atom is -0.290 e. The van der Waals surface area contributed by atoms with Gasteiger partial charge >= 0.3 is 0 Å². The number of aromatic nitrogens is 2. The highest BCUT2D eigenvalue weighted by molar-refractivity contribution is 5.96. The first-order valence-electron chi connectivity index (χ1n) is 8.82. The van der Waals surface area contributed by atoms with Crippen molar-refractivity contribution in [3.05, 3.63) is 102 Å². The molecule has 3 nitrogen and oxygen atoms in total. The van der Waals surface area contributed by atoms with Crippen molar-refractivity contribution < 1.29 is 9.36 Å². The molecule has 0 aliphatic rings. The molecule has 3 heteroatoms. The molecule has 0 spiro atoms. The van der Waals surface area contributed by atoms with Crippen LogP contribution in [0.4, 0.5) is 0 Å². The van der Waals surface area contributed by atoms with Crippen LogP contribution in [0.2, 0.25) is 0 Å². The summed E-state index contributed by atoms with van der Waals surface area (Å²) in [5.74, 6) is 0.123. The summed E-state index contributed by atoms with van der Waals surface area (Å²) in [6.45, 7) is 3.15. The smallest absolute Gasteiger partial charge is 0.245 e. The van der Waals surface area contributed by atoms with E-state index in [0.717, 1.165) is 28.7 Å². The van der Waals surface area contributed by atoms with Gasteiger partial charge in [-0.1, -0.05) is 72.3 Å². The Morgan fingerprint density at radius 2 is 1.58 bits per heavy atom. The maximum Gasteiger partial charge on any atom is 0.245 e. The van der Waals surface area contributed by atoms with Gasteiger partial charge in [-0.05, 0) is 24.6 Å². The first-order chi connectivity index (χ1) is 12.7. The van der Waals surface area contributed by atoms with Gasteiger partial charge in [0.2, 0.25) is 12.1 Å². The number of nitrogens with zero attached hydrogens (tertiary/aromatic N) is 2. The van der Waals surface area contributed by atoms with Crippen LogP contribution in [-0.4, -0.2) is 10.4 Å². The van der Waals surface area contributed by atoms with Gasteiger partial charge in [-0.3, -0.25) is 4.79 Å². The van der Waals surface area contributed by atoms with E-state index in [4.69, 9.17) is 0 Å². The van der Waals surface area contributed by atoms with Crippen molar-refractivity contribution in [3.8, 4) is 0 Å². The van der Waals surface area contributed by atoms with Gasteiger partial charge in [0.05, 0.1) is 0 Å². The fourth-order valence-electron chi connectivity index (χ4n) is 3.26. The van der Waals surface area contributed by atoms with E-state index in [1.807, 2.05) is 60.3 Å². The minimum absolute atomic E-state index is 0.123. The molecule has 0 saturated heterocycles. The SMILES string of the molecule is Cc1ccc(C(=O)Cn2c[n+](Cc3ccccc3)c3ccccc32)cc1. The van der Waals surface area contributed by atoms with Gasteiger partial charge < -0.3 is 0 Å². The molecule has 1 aromatic heterocycles. The predicted molar refractivity (Wildman–Crippen MR) is 103 cm³/mol. The van der Waals surface area contributed by atoms with E-state index in [1.165, 1.54) is 5.56 Å². The van der Waals surface area contributed by atoms with Crippen molar-refractivity contribution in [1.29, 1.82) is 0 Å². The Morgan fingerprint density at radius 3 is 2.35 bits per heavy atom. The van der Waals surface area contributed by atoms with Crippen molar-refractivity contribution in [1.82, 2.24) is 4.57 Å². The van der Waals surface area contributed by atoms with Crippen LogP contribution in [0.1, 0.15) is 21.5 Å². The molecule has 0 bridgehead atoms. The maximum atomic E-state index is 12.7. The largest absolute Gasteiger partial charge is 0.290 e. The number of hydrogen-bond donors (Lipinski definition) is 0. The van der Waals surface area contributed by atoms with Gasteiger partial charge in [0.25, 0.3) is 0 Å². The Labute approximate surface area is 153 Å². The monoisotopic (exact) mass is 341 g/mol. The van der Waals surface area contributed by atoms with E-state index < -0.39 is 0 Å². The second kappa shape index (κ2) is 6.96. The Bertz CT molecular complexity index is 1050. The Morgan fingerprint density at radius 1 is 0.885 bits per heavy atom. The lowest BCUT2D eigenvalue weighted by atomic mass is 10.1. The topological polar surface area (TPSA) is 25.9 Å². The van der Waals surface area contributed by atoms with E-state index in [0.29, 0.717) is 6.54 Å². The number of Topliss-reactive ketones (excluding diaryl/α,β-unsaturated/α-hetero) is 1. The number of para-hydroxylation sites is 2. The number of aryl methyl sites for hydroxylation is 1. The highest BCUT2D eigenvalue weighted by Gasteiger charge is 2.18. The second-order valence-electron chi connectivity index (χ2n) is 6.63. The lowest BCUT2D eigenvalue weighted by Crippen LogP contribution is -2.33. The Balaban J connectivity index is 1.67. The molecular formula is C23H21N2O+. The fraction of sp³-hybridized carbons (Fsp3) is 0.130. The molecule has 0 saturated carbocycles. The van der Waals surface area contributed by atoms with E-state index in [2.05, 4.69) is 41.0 Å². The number of carbonyl (C=O) groups excluding carboxylic acids is 1. The Hall–Kier alpha value is -3.20. The summed E-state index contributed by atoms with van der Waals surface area (Å²) < 4.78 is 4.24. The molecule has 0 aliphatic heterocycles. The van der Waals surface area contributed by atoms with Crippen molar-refractivity contribution in [2.75, 3.05) is 0 Å². The number of carbonyl (C=O) groups is 1. The van der Waals surface area contributed by atoms with Gasteiger partial charge in [0, 0.05) is 5.56 Å². The van der Waals surface area contributed by atoms with Crippen LogP contribution in [0.15, 0.2) is 85.2 Å². The summed E-state index contributed by atoms with van der Waals surface area (Å²) in [5, 5.41) is 0. The zero-order valence-electron chi connectivity index (χ0n) is 14.8. The van der Waals surface area contributed by atoms with Crippen molar-refractivity contribution >= 4 is 16.8 Å². The minimum atomic E-state index is 0.123. The summed E-state index contributed by atoms with van der Waals surface area (Å²) in [6, 6.07) is 26.4. The standard InChI is InChI=1S/C23H21N2O/c1-18-11-13-20(14-12-18)23(26)16-25-17-24(15-19-7-3-2-4-8-19)21-9-5-6-10-22(21)25/h2-14,17H,15-16H2,1H3/q+1. The third kappa shape index (κ3) is 3.29. The lowest BCUT2D eigenvalue weighted by Gasteiger charge is -2.00. The molecule has 1 heterocycles. The molecular weight excluding hydrogens is 320 g/mol. The van der Waals surface area contributed by atoms with E-state index in [9.17, 15) is 4.79 Å².